The van der Waals surface area contributed by atoms with Crippen LogP contribution in [-0.2, 0) is 10.0 Å². The van der Waals surface area contributed by atoms with Crippen LogP contribution in [0.25, 0.3) is 0 Å². The van der Waals surface area contributed by atoms with Crippen LogP contribution in [0, 0.1) is 11.3 Å². The average Bonchev–Trinajstić information content (AvgIpc) is 3.18. The minimum Gasteiger partial charge on any atom is -0.486 e. The molecule has 1 fully saturated rings. The second-order valence-electron chi connectivity index (χ2n) is 6.31. The molecule has 1 atom stereocenters. The van der Waals surface area contributed by atoms with Crippen molar-refractivity contribution in [2.24, 2.45) is 0 Å². The number of nitriles is 1. The van der Waals surface area contributed by atoms with Gasteiger partial charge in [-0.05, 0) is 54.8 Å². The van der Waals surface area contributed by atoms with Crippen LogP contribution in [0.15, 0.2) is 47.4 Å². The molecule has 0 radical (unpaired) electrons. The number of hydrogen-bond acceptors (Lipinski definition) is 5. The third-order valence-corrected chi connectivity index (χ3v) is 6.67. The second kappa shape index (κ2) is 6.63. The summed E-state index contributed by atoms with van der Waals surface area (Å²) in [4.78, 5) is 0.209. The lowest BCUT2D eigenvalue weighted by atomic mass is 10.0. The van der Waals surface area contributed by atoms with E-state index in [0.29, 0.717) is 36.8 Å². The maximum Gasteiger partial charge on any atom is 0.243 e. The summed E-state index contributed by atoms with van der Waals surface area (Å²) >= 11 is 0. The van der Waals surface area contributed by atoms with Crippen LogP contribution in [0.5, 0.6) is 11.5 Å². The highest BCUT2D eigenvalue weighted by atomic mass is 32.2. The Morgan fingerprint density at radius 3 is 2.50 bits per heavy atom. The van der Waals surface area contributed by atoms with Crippen molar-refractivity contribution in [2.75, 3.05) is 19.8 Å². The Morgan fingerprint density at radius 1 is 1.04 bits per heavy atom. The van der Waals surface area contributed by atoms with Gasteiger partial charge in [0.05, 0.1) is 22.6 Å². The molecular formula is C19H18N2O4S. The minimum atomic E-state index is -3.63. The molecule has 0 saturated carbocycles. The predicted molar refractivity (Wildman–Crippen MR) is 94.5 cm³/mol. The predicted octanol–water partition coefficient (Wildman–Crippen LogP) is 2.86. The molecule has 0 N–H and O–H groups in total. The number of benzene rings is 2. The molecule has 0 aliphatic carbocycles. The lowest BCUT2D eigenvalue weighted by Crippen LogP contribution is -2.30. The molecule has 6 nitrogen and oxygen atoms in total. The molecule has 0 spiro atoms. The van der Waals surface area contributed by atoms with Gasteiger partial charge in [-0.3, -0.25) is 0 Å². The molecule has 2 aromatic carbocycles. The van der Waals surface area contributed by atoms with Gasteiger partial charge in [0.15, 0.2) is 11.5 Å². The highest BCUT2D eigenvalue weighted by molar-refractivity contribution is 7.89. The van der Waals surface area contributed by atoms with Crippen LogP contribution in [0.3, 0.4) is 0 Å². The maximum atomic E-state index is 13.1. The quantitative estimate of drug-likeness (QED) is 0.830. The Morgan fingerprint density at radius 2 is 1.77 bits per heavy atom. The van der Waals surface area contributed by atoms with Crippen molar-refractivity contribution in [3.05, 3.63) is 53.6 Å². The van der Waals surface area contributed by atoms with Crippen LogP contribution in [0.2, 0.25) is 0 Å². The standard InChI is InChI=1S/C19H18N2O4S/c20-13-14-3-6-16(7-4-14)26(22,23)21-9-1-2-17(21)15-5-8-18-19(12-15)25-11-10-24-18/h3-8,12,17H,1-2,9-11H2/t17-/m1/s1. The summed E-state index contributed by atoms with van der Waals surface area (Å²) in [5, 5.41) is 8.90. The van der Waals surface area contributed by atoms with Crippen molar-refractivity contribution in [1.29, 1.82) is 5.26 Å². The molecule has 0 unspecified atom stereocenters. The van der Waals surface area contributed by atoms with Crippen LogP contribution >= 0.6 is 0 Å². The van der Waals surface area contributed by atoms with Crippen molar-refractivity contribution >= 4 is 10.0 Å². The summed E-state index contributed by atoms with van der Waals surface area (Å²) in [6.07, 6.45) is 1.56. The SMILES string of the molecule is N#Cc1ccc(S(=O)(=O)N2CCC[C@@H]2c2ccc3c(c2)OCCO3)cc1. The van der Waals surface area contributed by atoms with Crippen LogP contribution in [0.1, 0.15) is 30.0 Å². The Kier molecular flexibility index (Phi) is 4.31. The van der Waals surface area contributed by atoms with E-state index < -0.39 is 10.0 Å². The summed E-state index contributed by atoms with van der Waals surface area (Å²) in [6, 6.07) is 13.5. The topological polar surface area (TPSA) is 79.6 Å². The van der Waals surface area contributed by atoms with E-state index in [1.54, 1.807) is 4.31 Å². The fourth-order valence-electron chi connectivity index (χ4n) is 3.46. The third-order valence-electron chi connectivity index (χ3n) is 4.74. The number of rotatable bonds is 3. The molecule has 4 rings (SSSR count). The minimum absolute atomic E-state index is 0.209. The lowest BCUT2D eigenvalue weighted by Gasteiger charge is -2.26. The molecule has 0 amide bonds. The summed E-state index contributed by atoms with van der Waals surface area (Å²) in [7, 11) is -3.63. The average molecular weight is 370 g/mol. The molecule has 2 aromatic rings. The molecule has 26 heavy (non-hydrogen) atoms. The van der Waals surface area contributed by atoms with Gasteiger partial charge in [-0.15, -0.1) is 0 Å². The van der Waals surface area contributed by atoms with Gasteiger partial charge >= 0.3 is 0 Å². The van der Waals surface area contributed by atoms with Gasteiger partial charge in [0, 0.05) is 6.54 Å². The number of fused-ring (bicyclic) bond motifs is 1. The highest BCUT2D eigenvalue weighted by Crippen LogP contribution is 2.40. The van der Waals surface area contributed by atoms with E-state index in [4.69, 9.17) is 14.7 Å². The number of nitrogens with zero attached hydrogens (tertiary/aromatic N) is 2. The molecule has 0 bridgehead atoms. The summed E-state index contributed by atoms with van der Waals surface area (Å²) in [5.74, 6) is 1.36. The molecule has 2 aliphatic heterocycles. The molecule has 134 valence electrons. The highest BCUT2D eigenvalue weighted by Gasteiger charge is 2.36. The van der Waals surface area contributed by atoms with E-state index in [2.05, 4.69) is 0 Å². The van der Waals surface area contributed by atoms with Gasteiger partial charge in [-0.25, -0.2) is 8.42 Å². The Bertz CT molecular complexity index is 964. The van der Waals surface area contributed by atoms with Crippen molar-refractivity contribution in [2.45, 2.75) is 23.8 Å². The van der Waals surface area contributed by atoms with Crippen molar-refractivity contribution < 1.29 is 17.9 Å². The van der Waals surface area contributed by atoms with Crippen molar-refractivity contribution in [1.82, 2.24) is 4.31 Å². The van der Waals surface area contributed by atoms with Crippen LogP contribution in [0.4, 0.5) is 0 Å². The van der Waals surface area contributed by atoms with Crippen LogP contribution in [-0.4, -0.2) is 32.5 Å². The third kappa shape index (κ3) is 2.91. The smallest absolute Gasteiger partial charge is 0.243 e. The van der Waals surface area contributed by atoms with Gasteiger partial charge in [-0.1, -0.05) is 6.07 Å². The molecule has 2 heterocycles. The largest absolute Gasteiger partial charge is 0.486 e. The molecule has 0 aromatic heterocycles. The maximum absolute atomic E-state index is 13.1. The van der Waals surface area contributed by atoms with Gasteiger partial charge < -0.3 is 9.47 Å². The summed E-state index contributed by atoms with van der Waals surface area (Å²) in [5.41, 5.74) is 1.35. The number of hydrogen-bond donors (Lipinski definition) is 0. The first kappa shape index (κ1) is 16.9. The Labute approximate surface area is 152 Å². The number of sulfonamides is 1. The molecular weight excluding hydrogens is 352 g/mol. The first-order chi connectivity index (χ1) is 12.6. The van der Waals surface area contributed by atoms with Gasteiger partial charge in [0.1, 0.15) is 13.2 Å². The summed E-state index contributed by atoms with van der Waals surface area (Å²) in [6.45, 7) is 1.49. The second-order valence-corrected chi connectivity index (χ2v) is 8.20. The zero-order valence-electron chi connectivity index (χ0n) is 14.1. The molecule has 1 saturated heterocycles. The van der Waals surface area contributed by atoms with E-state index >= 15 is 0 Å². The van der Waals surface area contributed by atoms with E-state index in [0.717, 1.165) is 18.4 Å². The summed E-state index contributed by atoms with van der Waals surface area (Å²) < 4.78 is 38.9. The fourth-order valence-corrected chi connectivity index (χ4v) is 5.15. The molecule has 7 heteroatoms. The van der Waals surface area contributed by atoms with Crippen molar-refractivity contribution in [3.8, 4) is 17.6 Å². The Hall–Kier alpha value is -2.56. The van der Waals surface area contributed by atoms with E-state index in [9.17, 15) is 8.42 Å². The normalized spacial score (nSPS) is 19.9. The lowest BCUT2D eigenvalue weighted by molar-refractivity contribution is 0.171. The zero-order chi connectivity index (χ0) is 18.1. The Balaban J connectivity index is 1.66. The molecule has 2 aliphatic rings. The van der Waals surface area contributed by atoms with E-state index in [1.165, 1.54) is 24.3 Å². The van der Waals surface area contributed by atoms with E-state index in [1.807, 2.05) is 24.3 Å². The van der Waals surface area contributed by atoms with Gasteiger partial charge in [0.25, 0.3) is 0 Å². The van der Waals surface area contributed by atoms with Gasteiger partial charge in [-0.2, -0.15) is 9.57 Å². The monoisotopic (exact) mass is 370 g/mol. The van der Waals surface area contributed by atoms with Crippen molar-refractivity contribution in [3.63, 3.8) is 0 Å². The van der Waals surface area contributed by atoms with E-state index in [-0.39, 0.29) is 10.9 Å². The first-order valence-electron chi connectivity index (χ1n) is 8.51. The van der Waals surface area contributed by atoms with Crippen LogP contribution < -0.4 is 9.47 Å². The zero-order valence-corrected chi connectivity index (χ0v) is 14.9. The number of ether oxygens (including phenoxy) is 2. The fraction of sp³-hybridized carbons (Fsp3) is 0.316. The van der Waals surface area contributed by atoms with Gasteiger partial charge in [0.2, 0.25) is 10.0 Å². The first-order valence-corrected chi connectivity index (χ1v) is 9.95.